The molecule has 0 bridgehead atoms. The number of hydrogen-bond donors (Lipinski definition) is 1. The predicted octanol–water partition coefficient (Wildman–Crippen LogP) is 2.43. The Kier molecular flexibility index (Phi) is 3.15. The molecule has 0 fully saturated rings. The third kappa shape index (κ3) is 2.38. The van der Waals surface area contributed by atoms with Gasteiger partial charge in [0.05, 0.1) is 11.8 Å². The van der Waals surface area contributed by atoms with Crippen LogP contribution in [0.3, 0.4) is 0 Å². The van der Waals surface area contributed by atoms with Crippen molar-refractivity contribution in [2.45, 2.75) is 12.5 Å². The standard InChI is InChI=1S/C17H14N2O4/c20-9-19-15(12-3-6-16-17(7-12)23-10-22-16)8-14(18-19)11-1-4-13(21)5-2-11/h1-7,9,15,21H,8,10H2. The molecule has 0 radical (unpaired) electrons. The summed E-state index contributed by atoms with van der Waals surface area (Å²) in [5, 5.41) is 15.2. The van der Waals surface area contributed by atoms with Crippen LogP contribution in [0.1, 0.15) is 23.6 Å². The second-order valence-electron chi connectivity index (χ2n) is 5.41. The van der Waals surface area contributed by atoms with Crippen molar-refractivity contribution in [3.8, 4) is 17.2 Å². The highest BCUT2D eigenvalue weighted by Gasteiger charge is 2.29. The van der Waals surface area contributed by atoms with Gasteiger partial charge in [0.1, 0.15) is 5.75 Å². The minimum atomic E-state index is -0.175. The van der Waals surface area contributed by atoms with Crippen LogP contribution < -0.4 is 9.47 Å². The van der Waals surface area contributed by atoms with Gasteiger partial charge in [0.25, 0.3) is 0 Å². The van der Waals surface area contributed by atoms with Gasteiger partial charge in [-0.1, -0.05) is 6.07 Å². The molecule has 1 N–H and O–H groups in total. The van der Waals surface area contributed by atoms with E-state index in [4.69, 9.17) is 9.47 Å². The maximum absolute atomic E-state index is 11.4. The summed E-state index contributed by atoms with van der Waals surface area (Å²) in [5.74, 6) is 1.60. The number of aromatic hydroxyl groups is 1. The van der Waals surface area contributed by atoms with E-state index in [2.05, 4.69) is 5.10 Å². The highest BCUT2D eigenvalue weighted by Crippen LogP contribution is 2.38. The molecule has 0 spiro atoms. The van der Waals surface area contributed by atoms with Gasteiger partial charge in [0, 0.05) is 6.42 Å². The fourth-order valence-electron chi connectivity index (χ4n) is 2.84. The Bertz CT molecular complexity index is 786. The van der Waals surface area contributed by atoms with E-state index < -0.39 is 0 Å². The van der Waals surface area contributed by atoms with Crippen molar-refractivity contribution >= 4 is 12.1 Å². The van der Waals surface area contributed by atoms with Crippen LogP contribution in [0.4, 0.5) is 0 Å². The van der Waals surface area contributed by atoms with E-state index in [0.717, 1.165) is 23.2 Å². The van der Waals surface area contributed by atoms with Gasteiger partial charge in [0.15, 0.2) is 11.5 Å². The molecule has 1 atom stereocenters. The topological polar surface area (TPSA) is 71.4 Å². The van der Waals surface area contributed by atoms with Crippen molar-refractivity contribution in [1.82, 2.24) is 5.01 Å². The first-order valence-corrected chi connectivity index (χ1v) is 7.24. The molecule has 0 saturated heterocycles. The molecule has 6 heteroatoms. The van der Waals surface area contributed by atoms with E-state index in [9.17, 15) is 9.90 Å². The number of fused-ring (bicyclic) bond motifs is 1. The van der Waals surface area contributed by atoms with Gasteiger partial charge in [0.2, 0.25) is 13.2 Å². The lowest BCUT2D eigenvalue weighted by Crippen LogP contribution is -2.17. The summed E-state index contributed by atoms with van der Waals surface area (Å²) < 4.78 is 10.7. The van der Waals surface area contributed by atoms with Crippen molar-refractivity contribution in [2.75, 3.05) is 6.79 Å². The molecule has 2 aliphatic rings. The Balaban J connectivity index is 1.63. The van der Waals surface area contributed by atoms with Crippen LogP contribution in [0.5, 0.6) is 17.2 Å². The van der Waals surface area contributed by atoms with E-state index in [1.807, 2.05) is 18.2 Å². The van der Waals surface area contributed by atoms with Crippen LogP contribution in [0.2, 0.25) is 0 Å². The van der Waals surface area contributed by atoms with Crippen LogP contribution in [0.25, 0.3) is 0 Å². The number of carbonyl (C=O) groups is 1. The number of carbonyl (C=O) groups excluding carboxylic acids is 1. The summed E-state index contributed by atoms with van der Waals surface area (Å²) in [6, 6.07) is 12.3. The minimum Gasteiger partial charge on any atom is -0.508 e. The van der Waals surface area contributed by atoms with Gasteiger partial charge in [-0.15, -0.1) is 0 Å². The fourth-order valence-corrected chi connectivity index (χ4v) is 2.84. The molecule has 23 heavy (non-hydrogen) atoms. The maximum atomic E-state index is 11.4. The van der Waals surface area contributed by atoms with Crippen molar-refractivity contribution in [2.24, 2.45) is 5.10 Å². The zero-order valence-electron chi connectivity index (χ0n) is 12.2. The molecule has 1 unspecified atom stereocenters. The Morgan fingerprint density at radius 3 is 2.70 bits per heavy atom. The SMILES string of the molecule is O=CN1N=C(c2ccc(O)cc2)CC1c1ccc2c(c1)OCO2. The van der Waals surface area contributed by atoms with Crippen molar-refractivity contribution in [1.29, 1.82) is 0 Å². The third-order valence-corrected chi connectivity index (χ3v) is 4.03. The molecular formula is C17H14N2O4. The summed E-state index contributed by atoms with van der Waals surface area (Å²) in [6.07, 6.45) is 1.33. The Hall–Kier alpha value is -3.02. The van der Waals surface area contributed by atoms with Crippen LogP contribution in [-0.2, 0) is 4.79 Å². The zero-order chi connectivity index (χ0) is 15.8. The highest BCUT2D eigenvalue weighted by molar-refractivity contribution is 6.02. The minimum absolute atomic E-state index is 0.175. The van der Waals surface area contributed by atoms with Gasteiger partial charge in [-0.25, -0.2) is 5.01 Å². The van der Waals surface area contributed by atoms with Gasteiger partial charge >= 0.3 is 0 Å². The number of amides is 1. The van der Waals surface area contributed by atoms with Crippen LogP contribution >= 0.6 is 0 Å². The summed E-state index contributed by atoms with van der Waals surface area (Å²) in [5.41, 5.74) is 2.64. The number of ether oxygens (including phenoxy) is 2. The normalized spacial score (nSPS) is 18.9. The van der Waals surface area contributed by atoms with Crippen molar-refractivity contribution in [3.63, 3.8) is 0 Å². The molecular weight excluding hydrogens is 296 g/mol. The third-order valence-electron chi connectivity index (χ3n) is 4.03. The second-order valence-corrected chi connectivity index (χ2v) is 5.41. The Morgan fingerprint density at radius 2 is 1.91 bits per heavy atom. The highest BCUT2D eigenvalue weighted by atomic mass is 16.7. The van der Waals surface area contributed by atoms with Gasteiger partial charge in [-0.3, -0.25) is 4.79 Å². The molecule has 0 aliphatic carbocycles. The number of hydrogen-bond acceptors (Lipinski definition) is 5. The number of nitrogens with zero attached hydrogens (tertiary/aromatic N) is 2. The van der Waals surface area contributed by atoms with E-state index >= 15 is 0 Å². The quantitative estimate of drug-likeness (QED) is 0.884. The number of benzene rings is 2. The van der Waals surface area contributed by atoms with E-state index in [1.54, 1.807) is 24.3 Å². The Labute approximate surface area is 132 Å². The van der Waals surface area contributed by atoms with Gasteiger partial charge < -0.3 is 14.6 Å². The average Bonchev–Trinajstić information content (AvgIpc) is 3.21. The number of phenols is 1. The van der Waals surface area contributed by atoms with Crippen molar-refractivity contribution in [3.05, 3.63) is 53.6 Å². The molecule has 2 aromatic carbocycles. The van der Waals surface area contributed by atoms with E-state index in [-0.39, 0.29) is 18.6 Å². The summed E-state index contributed by atoms with van der Waals surface area (Å²) in [7, 11) is 0. The molecule has 0 saturated carbocycles. The summed E-state index contributed by atoms with van der Waals surface area (Å²) >= 11 is 0. The Morgan fingerprint density at radius 1 is 1.13 bits per heavy atom. The van der Waals surface area contributed by atoms with E-state index in [0.29, 0.717) is 17.9 Å². The predicted molar refractivity (Wildman–Crippen MR) is 82.5 cm³/mol. The largest absolute Gasteiger partial charge is 0.508 e. The smallest absolute Gasteiger partial charge is 0.231 e. The second kappa shape index (κ2) is 5.31. The van der Waals surface area contributed by atoms with Crippen LogP contribution in [0, 0.1) is 0 Å². The molecule has 1 amide bonds. The molecule has 4 rings (SSSR count). The summed E-state index contributed by atoms with van der Waals surface area (Å²) in [6.45, 7) is 0.218. The molecule has 116 valence electrons. The number of phenolic OH excluding ortho intramolecular Hbond substituents is 1. The van der Waals surface area contributed by atoms with E-state index in [1.165, 1.54) is 5.01 Å². The first-order chi connectivity index (χ1) is 11.2. The lowest BCUT2D eigenvalue weighted by Gasteiger charge is -2.17. The first kappa shape index (κ1) is 13.6. The van der Waals surface area contributed by atoms with Crippen molar-refractivity contribution < 1.29 is 19.4 Å². The first-order valence-electron chi connectivity index (χ1n) is 7.24. The van der Waals surface area contributed by atoms with Gasteiger partial charge in [-0.05, 0) is 47.5 Å². The van der Waals surface area contributed by atoms with Crippen LogP contribution in [0.15, 0.2) is 47.6 Å². The monoisotopic (exact) mass is 310 g/mol. The maximum Gasteiger partial charge on any atom is 0.231 e. The molecule has 2 heterocycles. The zero-order valence-corrected chi connectivity index (χ0v) is 12.2. The summed E-state index contributed by atoms with van der Waals surface area (Å²) in [4.78, 5) is 11.4. The van der Waals surface area contributed by atoms with Crippen LogP contribution in [-0.4, -0.2) is 29.0 Å². The lowest BCUT2D eigenvalue weighted by atomic mass is 9.98. The number of hydrazone groups is 1. The average molecular weight is 310 g/mol. The molecule has 2 aromatic rings. The number of rotatable bonds is 3. The molecule has 6 nitrogen and oxygen atoms in total. The van der Waals surface area contributed by atoms with Gasteiger partial charge in [-0.2, -0.15) is 5.10 Å². The molecule has 0 aromatic heterocycles. The molecule has 2 aliphatic heterocycles. The fraction of sp³-hybridized carbons (Fsp3) is 0.176. The lowest BCUT2D eigenvalue weighted by molar-refractivity contribution is -0.119.